The van der Waals surface area contributed by atoms with Gasteiger partial charge in [-0.25, -0.2) is 9.89 Å². The quantitative estimate of drug-likeness (QED) is 0.333. The molecule has 0 radical (unpaired) electrons. The van der Waals surface area contributed by atoms with E-state index in [4.69, 9.17) is 33.7 Å². The average molecular weight is 510 g/mol. The molecule has 0 aliphatic rings. The standard InChI is InChI=1S/C22H13Cl2N7O4/c23-14-6-12(31-22(34)27-21(33)19(25)30-31)7-15(24)18(14)35-17-8-13(20(32)29-28-17)11-5-10-3-1-2-4-16(10)26-9-11/h1-9H,(H2,25,30)(H,29,32)(H,27,33,34). The Bertz CT molecular complexity index is 1770. The molecule has 0 spiro atoms. The lowest BCUT2D eigenvalue weighted by molar-refractivity contribution is 0.455. The summed E-state index contributed by atoms with van der Waals surface area (Å²) in [5, 5.41) is 10.9. The number of H-pyrrole nitrogens is 2. The first-order chi connectivity index (χ1) is 16.8. The molecule has 0 bridgehead atoms. The van der Waals surface area contributed by atoms with Crippen LogP contribution in [0, 0.1) is 0 Å². The zero-order valence-electron chi connectivity index (χ0n) is 17.5. The molecule has 174 valence electrons. The lowest BCUT2D eigenvalue weighted by Crippen LogP contribution is -2.33. The lowest BCUT2D eigenvalue weighted by atomic mass is 10.1. The fourth-order valence-corrected chi connectivity index (χ4v) is 3.88. The molecule has 0 fully saturated rings. The van der Waals surface area contributed by atoms with Crippen molar-refractivity contribution >= 4 is 39.9 Å². The molecule has 3 heterocycles. The van der Waals surface area contributed by atoms with Gasteiger partial charge in [0, 0.05) is 23.2 Å². The largest absolute Gasteiger partial charge is 0.434 e. The number of hydrogen-bond acceptors (Lipinski definition) is 8. The predicted molar refractivity (Wildman–Crippen MR) is 131 cm³/mol. The molecule has 0 saturated heterocycles. The van der Waals surface area contributed by atoms with Gasteiger partial charge in [0.05, 0.1) is 26.8 Å². The highest BCUT2D eigenvalue weighted by Crippen LogP contribution is 2.38. The number of aromatic amines is 2. The first-order valence-electron chi connectivity index (χ1n) is 9.91. The number of aromatic nitrogens is 6. The summed E-state index contributed by atoms with van der Waals surface area (Å²) in [5.41, 5.74) is 5.16. The van der Waals surface area contributed by atoms with Crippen LogP contribution >= 0.6 is 23.2 Å². The number of rotatable bonds is 4. The van der Waals surface area contributed by atoms with Gasteiger partial charge in [0.1, 0.15) is 0 Å². The predicted octanol–water partition coefficient (Wildman–Crippen LogP) is 2.90. The van der Waals surface area contributed by atoms with Crippen LogP contribution in [0.3, 0.4) is 0 Å². The number of pyridine rings is 1. The Morgan fingerprint density at radius 3 is 2.49 bits per heavy atom. The minimum absolute atomic E-state index is 0.00730. The minimum atomic E-state index is -0.832. The zero-order valence-corrected chi connectivity index (χ0v) is 19.0. The molecule has 4 N–H and O–H groups in total. The third kappa shape index (κ3) is 4.25. The Morgan fingerprint density at radius 1 is 0.971 bits per heavy atom. The third-order valence-corrected chi connectivity index (χ3v) is 5.53. The summed E-state index contributed by atoms with van der Waals surface area (Å²) in [6, 6.07) is 13.4. The van der Waals surface area contributed by atoms with Gasteiger partial charge in [-0.1, -0.05) is 41.4 Å². The van der Waals surface area contributed by atoms with Gasteiger partial charge < -0.3 is 10.5 Å². The molecule has 5 aromatic rings. The van der Waals surface area contributed by atoms with Crippen molar-refractivity contribution in [1.82, 2.24) is 29.9 Å². The molecule has 0 aliphatic carbocycles. The topological polar surface area (TPSA) is 162 Å². The molecule has 3 aromatic heterocycles. The molecular weight excluding hydrogens is 497 g/mol. The van der Waals surface area contributed by atoms with Crippen LogP contribution in [0.1, 0.15) is 0 Å². The van der Waals surface area contributed by atoms with Crippen molar-refractivity contribution < 1.29 is 4.74 Å². The van der Waals surface area contributed by atoms with Gasteiger partial charge >= 0.3 is 5.69 Å². The van der Waals surface area contributed by atoms with Crippen LogP contribution in [-0.4, -0.2) is 29.9 Å². The van der Waals surface area contributed by atoms with E-state index >= 15 is 0 Å². The summed E-state index contributed by atoms with van der Waals surface area (Å²) in [5.74, 6) is -0.386. The maximum Gasteiger partial charge on any atom is 0.349 e. The second-order valence-corrected chi connectivity index (χ2v) is 8.08. The highest BCUT2D eigenvalue weighted by atomic mass is 35.5. The molecule has 0 aliphatic heterocycles. The fraction of sp³-hybridized carbons (Fsp3) is 0. The van der Waals surface area contributed by atoms with Crippen molar-refractivity contribution in [1.29, 1.82) is 0 Å². The van der Waals surface area contributed by atoms with E-state index in [9.17, 15) is 14.4 Å². The van der Waals surface area contributed by atoms with Crippen LogP contribution in [0.25, 0.3) is 27.7 Å². The number of nitrogens with one attached hydrogen (secondary N) is 2. The van der Waals surface area contributed by atoms with E-state index in [0.29, 0.717) is 5.56 Å². The van der Waals surface area contributed by atoms with Gasteiger partial charge in [-0.15, -0.1) is 10.2 Å². The second-order valence-electron chi connectivity index (χ2n) is 7.26. The number of anilines is 1. The summed E-state index contributed by atoms with van der Waals surface area (Å²) in [7, 11) is 0. The Morgan fingerprint density at radius 2 is 1.71 bits per heavy atom. The highest BCUT2D eigenvalue weighted by Gasteiger charge is 2.16. The molecule has 2 aromatic carbocycles. The molecule has 0 saturated carbocycles. The first kappa shape index (κ1) is 22.3. The maximum absolute atomic E-state index is 12.5. The zero-order chi connectivity index (χ0) is 24.7. The van der Waals surface area contributed by atoms with Crippen molar-refractivity contribution in [2.24, 2.45) is 0 Å². The summed E-state index contributed by atoms with van der Waals surface area (Å²) in [6.45, 7) is 0. The van der Waals surface area contributed by atoms with Crippen molar-refractivity contribution in [2.45, 2.75) is 0 Å². The second kappa shape index (κ2) is 8.70. The van der Waals surface area contributed by atoms with Gasteiger partial charge in [-0.3, -0.25) is 19.6 Å². The van der Waals surface area contributed by atoms with Crippen LogP contribution in [0.2, 0.25) is 10.0 Å². The van der Waals surface area contributed by atoms with Gasteiger partial charge in [0.2, 0.25) is 11.7 Å². The van der Waals surface area contributed by atoms with E-state index in [1.54, 1.807) is 6.20 Å². The van der Waals surface area contributed by atoms with Gasteiger partial charge in [0.15, 0.2) is 5.75 Å². The highest BCUT2D eigenvalue weighted by molar-refractivity contribution is 6.37. The smallest absolute Gasteiger partial charge is 0.349 e. The maximum atomic E-state index is 12.5. The Labute approximate surface area is 204 Å². The van der Waals surface area contributed by atoms with E-state index in [1.807, 2.05) is 35.3 Å². The number of para-hydroxylation sites is 1. The van der Waals surface area contributed by atoms with Crippen LogP contribution < -0.4 is 27.3 Å². The van der Waals surface area contributed by atoms with Gasteiger partial charge in [0.25, 0.3) is 11.1 Å². The van der Waals surface area contributed by atoms with E-state index in [1.165, 1.54) is 18.2 Å². The normalized spacial score (nSPS) is 11.0. The van der Waals surface area contributed by atoms with E-state index in [0.717, 1.165) is 15.6 Å². The average Bonchev–Trinajstić information content (AvgIpc) is 2.84. The van der Waals surface area contributed by atoms with Crippen LogP contribution in [0.4, 0.5) is 5.82 Å². The van der Waals surface area contributed by atoms with Crippen molar-refractivity contribution in [2.75, 3.05) is 5.73 Å². The molecule has 5 rings (SSSR count). The number of fused-ring (bicyclic) bond motifs is 1. The van der Waals surface area contributed by atoms with Crippen LogP contribution in [0.15, 0.2) is 69.1 Å². The number of halogens is 2. The molecule has 13 heteroatoms. The molecule has 35 heavy (non-hydrogen) atoms. The number of nitrogens with zero attached hydrogens (tertiary/aromatic N) is 4. The Balaban J connectivity index is 1.52. The number of benzene rings is 2. The first-order valence-corrected chi connectivity index (χ1v) is 10.7. The number of nitrogen functional groups attached to an aromatic ring is 1. The van der Waals surface area contributed by atoms with Crippen LogP contribution in [0.5, 0.6) is 11.6 Å². The van der Waals surface area contributed by atoms with E-state index < -0.39 is 22.6 Å². The van der Waals surface area contributed by atoms with Crippen molar-refractivity contribution in [3.8, 4) is 28.4 Å². The Kier molecular flexibility index (Phi) is 5.55. The van der Waals surface area contributed by atoms with Gasteiger partial charge in [-0.05, 0) is 24.3 Å². The molecule has 0 unspecified atom stereocenters. The summed E-state index contributed by atoms with van der Waals surface area (Å²) >= 11 is 12.7. The number of nitrogens with two attached hydrogens (primary N) is 1. The number of hydrogen-bond donors (Lipinski definition) is 3. The monoisotopic (exact) mass is 509 g/mol. The van der Waals surface area contributed by atoms with E-state index in [-0.39, 0.29) is 32.9 Å². The summed E-state index contributed by atoms with van der Waals surface area (Å²) < 4.78 is 6.59. The van der Waals surface area contributed by atoms with E-state index in [2.05, 4.69) is 20.3 Å². The molecule has 11 nitrogen and oxygen atoms in total. The molecular formula is C22H13Cl2N7O4. The third-order valence-electron chi connectivity index (χ3n) is 4.97. The SMILES string of the molecule is Nc1nn(-c2cc(Cl)c(Oc3cc(-c4cnc5ccccc5c4)c(=O)[nH]n3)c(Cl)c2)c(=O)[nH]c1=O. The fourth-order valence-electron chi connectivity index (χ4n) is 3.33. The molecule has 0 amide bonds. The summed E-state index contributed by atoms with van der Waals surface area (Å²) in [4.78, 5) is 42.4. The van der Waals surface area contributed by atoms with Crippen molar-refractivity contribution in [3.05, 3.63) is 96.0 Å². The minimum Gasteiger partial charge on any atom is -0.434 e. The summed E-state index contributed by atoms with van der Waals surface area (Å²) in [6.07, 6.45) is 1.58. The Hall–Kier alpha value is -4.48. The lowest BCUT2D eigenvalue weighted by Gasteiger charge is -2.12. The molecule has 0 atom stereocenters. The van der Waals surface area contributed by atoms with Crippen LogP contribution in [-0.2, 0) is 0 Å². The van der Waals surface area contributed by atoms with Gasteiger partial charge in [-0.2, -0.15) is 4.68 Å². The van der Waals surface area contributed by atoms with Crippen molar-refractivity contribution in [3.63, 3.8) is 0 Å². The number of ether oxygens (including phenoxy) is 1.